The van der Waals surface area contributed by atoms with E-state index in [9.17, 15) is 9.59 Å². The lowest BCUT2D eigenvalue weighted by atomic mass is 10.0. The largest absolute Gasteiger partial charge is 0.364 e. The Hall–Kier alpha value is -4.02. The van der Waals surface area contributed by atoms with Gasteiger partial charge in [0.25, 0.3) is 11.8 Å². The second-order valence-electron chi connectivity index (χ2n) is 8.86. The zero-order chi connectivity index (χ0) is 23.7. The Morgan fingerprint density at radius 1 is 1.12 bits per heavy atom. The molecule has 1 unspecified atom stereocenters. The predicted octanol–water partition coefficient (Wildman–Crippen LogP) is 1.72. The summed E-state index contributed by atoms with van der Waals surface area (Å²) in [5.41, 5.74) is 8.02. The van der Waals surface area contributed by atoms with Gasteiger partial charge in [-0.15, -0.1) is 10.2 Å². The van der Waals surface area contributed by atoms with E-state index < -0.39 is 5.91 Å². The van der Waals surface area contributed by atoms with Gasteiger partial charge in [-0.1, -0.05) is 12.1 Å². The van der Waals surface area contributed by atoms with Crippen LogP contribution >= 0.6 is 0 Å². The number of piperidine rings is 1. The van der Waals surface area contributed by atoms with Crippen LogP contribution in [-0.4, -0.2) is 55.9 Å². The molecule has 4 N–H and O–H groups in total. The van der Waals surface area contributed by atoms with Crippen molar-refractivity contribution in [2.24, 2.45) is 12.8 Å². The minimum Gasteiger partial charge on any atom is -0.364 e. The molecule has 3 heterocycles. The molecule has 5 rings (SSSR count). The highest BCUT2D eigenvalue weighted by Crippen LogP contribution is 2.39. The van der Waals surface area contributed by atoms with E-state index >= 15 is 0 Å². The maximum atomic E-state index is 12.8. The molecule has 0 radical (unpaired) electrons. The number of hydrogen-bond donors (Lipinski definition) is 3. The lowest BCUT2D eigenvalue weighted by Gasteiger charge is -2.33. The Bertz CT molecular complexity index is 1200. The Morgan fingerprint density at radius 3 is 2.59 bits per heavy atom. The number of carbonyl (C=O) groups excluding carboxylic acids is 2. The van der Waals surface area contributed by atoms with Crippen molar-refractivity contribution >= 4 is 29.3 Å². The summed E-state index contributed by atoms with van der Waals surface area (Å²) in [4.78, 5) is 31.1. The van der Waals surface area contributed by atoms with E-state index in [0.29, 0.717) is 36.2 Å². The predicted molar refractivity (Wildman–Crippen MR) is 126 cm³/mol. The number of anilines is 3. The lowest BCUT2D eigenvalue weighted by molar-refractivity contribution is 0.0931. The van der Waals surface area contributed by atoms with Crippen LogP contribution in [0.2, 0.25) is 0 Å². The first kappa shape index (κ1) is 21.8. The van der Waals surface area contributed by atoms with Crippen LogP contribution in [0.4, 0.5) is 17.5 Å². The quantitative estimate of drug-likeness (QED) is 0.482. The molecule has 2 aliphatic rings. The number of nitrogens with zero attached hydrogens (tertiary/aromatic N) is 6. The molecule has 1 aliphatic carbocycles. The monoisotopic (exact) mass is 461 g/mol. The smallest absolute Gasteiger partial charge is 0.273 e. The molecular formula is C23H27N9O2. The van der Waals surface area contributed by atoms with Crippen molar-refractivity contribution in [3.05, 3.63) is 53.5 Å². The fourth-order valence-corrected chi connectivity index (χ4v) is 4.20. The third-order valence-electron chi connectivity index (χ3n) is 6.14. The third-order valence-corrected chi connectivity index (χ3v) is 6.14. The van der Waals surface area contributed by atoms with Gasteiger partial charge in [0, 0.05) is 37.9 Å². The first-order valence-electron chi connectivity index (χ1n) is 11.4. The van der Waals surface area contributed by atoms with Crippen LogP contribution in [0.5, 0.6) is 0 Å². The Kier molecular flexibility index (Phi) is 5.83. The van der Waals surface area contributed by atoms with Crippen LogP contribution in [0, 0.1) is 0 Å². The van der Waals surface area contributed by atoms with Gasteiger partial charge in [-0.25, -0.2) is 0 Å². The standard InChI is InChI=1S/C23H27N9O2/c1-31-12-18(11-25-31)26-21-19(20(24)33)29-30-23(28-21)32-10-2-3-17(13-32)27-22(34)16-8-6-15(7-9-16)14-4-5-14/h6-9,11-12,14,17H,2-5,10,13H2,1H3,(H2,24,33)(H,27,34)(H,26,28,30). The number of carbonyl (C=O) groups is 2. The number of hydrogen-bond acceptors (Lipinski definition) is 8. The number of aromatic nitrogens is 5. The van der Waals surface area contributed by atoms with E-state index in [2.05, 4.69) is 43.0 Å². The van der Waals surface area contributed by atoms with Crippen molar-refractivity contribution in [2.75, 3.05) is 23.3 Å². The van der Waals surface area contributed by atoms with Crippen molar-refractivity contribution in [1.82, 2.24) is 30.3 Å². The minimum absolute atomic E-state index is 0.0518. The van der Waals surface area contributed by atoms with Crippen molar-refractivity contribution in [2.45, 2.75) is 37.6 Å². The van der Waals surface area contributed by atoms with Gasteiger partial charge >= 0.3 is 0 Å². The Labute approximate surface area is 196 Å². The summed E-state index contributed by atoms with van der Waals surface area (Å²) in [6.45, 7) is 1.25. The molecule has 1 saturated heterocycles. The summed E-state index contributed by atoms with van der Waals surface area (Å²) in [5, 5.41) is 18.4. The van der Waals surface area contributed by atoms with E-state index in [1.165, 1.54) is 18.4 Å². The van der Waals surface area contributed by atoms with Gasteiger partial charge in [-0.05, 0) is 49.3 Å². The van der Waals surface area contributed by atoms with Gasteiger partial charge < -0.3 is 21.3 Å². The van der Waals surface area contributed by atoms with Crippen molar-refractivity contribution < 1.29 is 9.59 Å². The highest BCUT2D eigenvalue weighted by Gasteiger charge is 2.26. The zero-order valence-corrected chi connectivity index (χ0v) is 18.9. The molecule has 3 aromatic rings. The highest BCUT2D eigenvalue weighted by atomic mass is 16.2. The molecular weight excluding hydrogens is 434 g/mol. The third kappa shape index (κ3) is 4.82. The van der Waals surface area contributed by atoms with Crippen molar-refractivity contribution in [1.29, 1.82) is 0 Å². The molecule has 2 fully saturated rings. The molecule has 1 saturated carbocycles. The molecule has 1 aromatic carbocycles. The normalized spacial score (nSPS) is 17.9. The molecule has 2 amide bonds. The van der Waals surface area contributed by atoms with Gasteiger partial charge in [0.15, 0.2) is 11.5 Å². The molecule has 11 nitrogen and oxygen atoms in total. The van der Waals surface area contributed by atoms with Gasteiger partial charge in [0.1, 0.15) is 0 Å². The van der Waals surface area contributed by atoms with Gasteiger partial charge in [0.2, 0.25) is 5.95 Å². The van der Waals surface area contributed by atoms with E-state index in [-0.39, 0.29) is 23.5 Å². The zero-order valence-electron chi connectivity index (χ0n) is 18.9. The number of nitrogens with two attached hydrogens (primary N) is 1. The summed E-state index contributed by atoms with van der Waals surface area (Å²) >= 11 is 0. The maximum absolute atomic E-state index is 12.8. The number of benzene rings is 1. The first-order valence-corrected chi connectivity index (χ1v) is 11.4. The van der Waals surface area contributed by atoms with E-state index in [1.807, 2.05) is 17.0 Å². The van der Waals surface area contributed by atoms with Crippen molar-refractivity contribution in [3.63, 3.8) is 0 Å². The SMILES string of the molecule is Cn1cc(Nc2nc(N3CCCC(NC(=O)c4ccc(C5CC5)cc4)C3)nnc2C(N)=O)cn1. The topological polar surface area (TPSA) is 144 Å². The summed E-state index contributed by atoms with van der Waals surface area (Å²) in [6, 6.07) is 7.84. The summed E-state index contributed by atoms with van der Waals surface area (Å²) < 4.78 is 1.62. The number of rotatable bonds is 7. The fourth-order valence-electron chi connectivity index (χ4n) is 4.20. The van der Waals surface area contributed by atoms with Crippen LogP contribution in [0.25, 0.3) is 0 Å². The molecule has 34 heavy (non-hydrogen) atoms. The van der Waals surface area contributed by atoms with E-state index in [0.717, 1.165) is 12.8 Å². The average molecular weight is 462 g/mol. The number of aryl methyl sites for hydroxylation is 1. The number of nitrogens with one attached hydrogen (secondary N) is 2. The fraction of sp³-hybridized carbons (Fsp3) is 0.391. The Morgan fingerprint density at radius 2 is 1.91 bits per heavy atom. The lowest BCUT2D eigenvalue weighted by Crippen LogP contribution is -2.48. The summed E-state index contributed by atoms with van der Waals surface area (Å²) in [7, 11) is 1.79. The van der Waals surface area contributed by atoms with E-state index in [4.69, 9.17) is 5.73 Å². The van der Waals surface area contributed by atoms with Crippen LogP contribution in [-0.2, 0) is 7.05 Å². The number of amides is 2. The Balaban J connectivity index is 1.28. The van der Waals surface area contributed by atoms with Gasteiger partial charge in [-0.2, -0.15) is 10.1 Å². The molecule has 176 valence electrons. The number of primary amides is 1. The minimum atomic E-state index is -0.727. The van der Waals surface area contributed by atoms with Gasteiger partial charge in [0.05, 0.1) is 11.9 Å². The van der Waals surface area contributed by atoms with Crippen LogP contribution in [0.1, 0.15) is 58.0 Å². The summed E-state index contributed by atoms with van der Waals surface area (Å²) in [6.07, 6.45) is 7.54. The second-order valence-corrected chi connectivity index (χ2v) is 8.86. The van der Waals surface area contributed by atoms with Crippen molar-refractivity contribution in [3.8, 4) is 0 Å². The molecule has 1 aliphatic heterocycles. The first-order chi connectivity index (χ1) is 16.5. The second kappa shape index (κ2) is 9.08. The molecule has 0 spiro atoms. The highest BCUT2D eigenvalue weighted by molar-refractivity contribution is 5.96. The maximum Gasteiger partial charge on any atom is 0.273 e. The van der Waals surface area contributed by atoms with Crippen LogP contribution < -0.4 is 21.3 Å². The van der Waals surface area contributed by atoms with Gasteiger partial charge in [-0.3, -0.25) is 14.3 Å². The van der Waals surface area contributed by atoms with Crippen LogP contribution in [0.15, 0.2) is 36.7 Å². The molecule has 2 aromatic heterocycles. The molecule has 1 atom stereocenters. The van der Waals surface area contributed by atoms with Crippen LogP contribution in [0.3, 0.4) is 0 Å². The summed E-state index contributed by atoms with van der Waals surface area (Å²) in [5.74, 6) is 0.429. The molecule has 11 heteroatoms. The van der Waals surface area contributed by atoms with E-state index in [1.54, 1.807) is 24.1 Å². The average Bonchev–Trinajstić information content (AvgIpc) is 3.61. The molecule has 0 bridgehead atoms.